The molecule has 1 aromatic heterocycles. The normalized spacial score (nSPS) is 19.3. The molecule has 1 amide bonds. The van der Waals surface area contributed by atoms with Gasteiger partial charge in [0.25, 0.3) is 0 Å². The molecule has 4 nitrogen and oxygen atoms in total. The summed E-state index contributed by atoms with van der Waals surface area (Å²) in [7, 11) is 0. The first kappa shape index (κ1) is 15.8. The van der Waals surface area contributed by atoms with Crippen LogP contribution >= 0.6 is 11.3 Å². The van der Waals surface area contributed by atoms with Crippen molar-refractivity contribution in [2.24, 2.45) is 5.92 Å². The third kappa shape index (κ3) is 3.84. The molecule has 126 valence electrons. The Kier molecular flexibility index (Phi) is 4.63. The van der Waals surface area contributed by atoms with Crippen LogP contribution in [0.2, 0.25) is 0 Å². The van der Waals surface area contributed by atoms with Gasteiger partial charge in [-0.1, -0.05) is 30.3 Å². The van der Waals surface area contributed by atoms with Gasteiger partial charge in [0, 0.05) is 23.8 Å². The van der Waals surface area contributed by atoms with E-state index in [4.69, 9.17) is 0 Å². The molecule has 5 heteroatoms. The molecule has 0 bridgehead atoms. The van der Waals surface area contributed by atoms with E-state index < -0.39 is 0 Å². The lowest BCUT2D eigenvalue weighted by atomic mass is 9.96. The second-order valence-electron chi connectivity index (χ2n) is 6.84. The van der Waals surface area contributed by atoms with Crippen molar-refractivity contribution in [1.82, 2.24) is 9.88 Å². The molecule has 1 saturated carbocycles. The number of benzene rings is 1. The quantitative estimate of drug-likeness (QED) is 0.905. The maximum Gasteiger partial charge on any atom is 0.229 e. The summed E-state index contributed by atoms with van der Waals surface area (Å²) in [6, 6.07) is 11.1. The van der Waals surface area contributed by atoms with E-state index in [-0.39, 0.29) is 11.8 Å². The van der Waals surface area contributed by atoms with Crippen molar-refractivity contribution < 1.29 is 4.79 Å². The smallest absolute Gasteiger partial charge is 0.229 e. The van der Waals surface area contributed by atoms with Crippen LogP contribution in [0.25, 0.3) is 0 Å². The number of nitrogens with one attached hydrogen (secondary N) is 1. The number of hydrogen-bond donors (Lipinski definition) is 1. The molecule has 4 rings (SSSR count). The van der Waals surface area contributed by atoms with Crippen molar-refractivity contribution in [1.29, 1.82) is 0 Å². The number of anilines is 1. The molecule has 0 spiro atoms. The molecule has 24 heavy (non-hydrogen) atoms. The Bertz CT molecular complexity index is 688. The van der Waals surface area contributed by atoms with Crippen LogP contribution in [0.5, 0.6) is 0 Å². The minimum absolute atomic E-state index is 0.140. The Hall–Kier alpha value is -1.72. The molecule has 2 fully saturated rings. The first-order valence-electron chi connectivity index (χ1n) is 8.81. The molecule has 1 aliphatic heterocycles. The van der Waals surface area contributed by atoms with Gasteiger partial charge in [-0.25, -0.2) is 4.98 Å². The van der Waals surface area contributed by atoms with Crippen LogP contribution in [0.4, 0.5) is 5.13 Å². The highest BCUT2D eigenvalue weighted by Gasteiger charge is 2.33. The zero-order valence-corrected chi connectivity index (χ0v) is 14.6. The highest BCUT2D eigenvalue weighted by Crippen LogP contribution is 2.31. The number of carbonyl (C=O) groups excluding carboxylic acids is 1. The molecule has 2 aliphatic rings. The van der Waals surface area contributed by atoms with Gasteiger partial charge in [-0.3, -0.25) is 4.79 Å². The Morgan fingerprint density at radius 2 is 1.92 bits per heavy atom. The number of amides is 1. The standard InChI is InChI=1S/C19H23N3OS/c23-18(15-8-10-22(11-9-15)17-6-7-17)21-19-20-16(13-24-19)12-14-4-2-1-3-5-14/h1-5,13,15,17H,6-12H2,(H,20,21,23). The van der Waals surface area contributed by atoms with Crippen molar-refractivity contribution in [3.05, 3.63) is 47.0 Å². The predicted octanol–water partition coefficient (Wildman–Crippen LogP) is 3.55. The maximum absolute atomic E-state index is 12.5. The van der Waals surface area contributed by atoms with E-state index >= 15 is 0 Å². The van der Waals surface area contributed by atoms with Gasteiger partial charge < -0.3 is 10.2 Å². The predicted molar refractivity (Wildman–Crippen MR) is 97.3 cm³/mol. The lowest BCUT2D eigenvalue weighted by Gasteiger charge is -2.31. The molecule has 1 N–H and O–H groups in total. The van der Waals surface area contributed by atoms with Crippen LogP contribution in [0, 0.1) is 5.92 Å². The molecular weight excluding hydrogens is 318 g/mol. The second kappa shape index (κ2) is 7.03. The van der Waals surface area contributed by atoms with Crippen LogP contribution in [0.3, 0.4) is 0 Å². The van der Waals surface area contributed by atoms with Crippen LogP contribution < -0.4 is 5.32 Å². The van der Waals surface area contributed by atoms with E-state index in [9.17, 15) is 4.79 Å². The van der Waals surface area contributed by atoms with Gasteiger partial charge >= 0.3 is 0 Å². The van der Waals surface area contributed by atoms with E-state index in [2.05, 4.69) is 27.3 Å². The lowest BCUT2D eigenvalue weighted by molar-refractivity contribution is -0.121. The van der Waals surface area contributed by atoms with Gasteiger partial charge in [0.15, 0.2) is 5.13 Å². The minimum Gasteiger partial charge on any atom is -0.302 e. The zero-order chi connectivity index (χ0) is 16.4. The van der Waals surface area contributed by atoms with Crippen LogP contribution in [-0.2, 0) is 11.2 Å². The topological polar surface area (TPSA) is 45.2 Å². The molecule has 1 aromatic carbocycles. The summed E-state index contributed by atoms with van der Waals surface area (Å²) in [6.07, 6.45) is 5.46. The Morgan fingerprint density at radius 3 is 2.62 bits per heavy atom. The fourth-order valence-electron chi connectivity index (χ4n) is 3.42. The largest absolute Gasteiger partial charge is 0.302 e. The average Bonchev–Trinajstić information content (AvgIpc) is 3.38. The molecule has 0 unspecified atom stereocenters. The first-order chi connectivity index (χ1) is 11.8. The molecular formula is C19H23N3OS. The number of likely N-dealkylation sites (tertiary alicyclic amines) is 1. The van der Waals surface area contributed by atoms with Crippen LogP contribution in [0.15, 0.2) is 35.7 Å². The van der Waals surface area contributed by atoms with Gasteiger partial charge in [-0.15, -0.1) is 11.3 Å². The number of piperidine rings is 1. The molecule has 0 atom stereocenters. The highest BCUT2D eigenvalue weighted by molar-refractivity contribution is 7.13. The van der Waals surface area contributed by atoms with E-state index in [0.717, 1.165) is 49.2 Å². The summed E-state index contributed by atoms with van der Waals surface area (Å²) in [5.74, 6) is 0.285. The number of nitrogens with zero attached hydrogens (tertiary/aromatic N) is 2. The molecule has 0 radical (unpaired) electrons. The van der Waals surface area contributed by atoms with Crippen molar-refractivity contribution in [2.45, 2.75) is 38.1 Å². The van der Waals surface area contributed by atoms with E-state index in [1.54, 1.807) is 0 Å². The minimum atomic E-state index is 0.140. The van der Waals surface area contributed by atoms with Crippen molar-refractivity contribution in [2.75, 3.05) is 18.4 Å². The van der Waals surface area contributed by atoms with Gasteiger partial charge in [-0.05, 0) is 44.3 Å². The molecule has 1 saturated heterocycles. The number of aromatic nitrogens is 1. The van der Waals surface area contributed by atoms with Gasteiger partial charge in [-0.2, -0.15) is 0 Å². The average molecular weight is 341 g/mol. The highest BCUT2D eigenvalue weighted by atomic mass is 32.1. The van der Waals surface area contributed by atoms with Crippen LogP contribution in [-0.4, -0.2) is 34.9 Å². The van der Waals surface area contributed by atoms with Gasteiger partial charge in [0.05, 0.1) is 5.69 Å². The maximum atomic E-state index is 12.5. The van der Waals surface area contributed by atoms with Gasteiger partial charge in [0.2, 0.25) is 5.91 Å². The summed E-state index contributed by atoms with van der Waals surface area (Å²) in [5, 5.41) is 5.80. The Labute approximate surface area is 146 Å². The zero-order valence-electron chi connectivity index (χ0n) is 13.8. The van der Waals surface area contributed by atoms with Crippen LogP contribution in [0.1, 0.15) is 36.9 Å². The Morgan fingerprint density at radius 1 is 1.17 bits per heavy atom. The number of thiazole rings is 1. The van der Waals surface area contributed by atoms with E-state index in [1.807, 2.05) is 23.6 Å². The van der Waals surface area contributed by atoms with Gasteiger partial charge in [0.1, 0.15) is 0 Å². The number of carbonyl (C=O) groups is 1. The Balaban J connectivity index is 1.30. The van der Waals surface area contributed by atoms with Crippen molar-refractivity contribution in [3.8, 4) is 0 Å². The second-order valence-corrected chi connectivity index (χ2v) is 7.70. The van der Waals surface area contributed by atoms with Crippen molar-refractivity contribution >= 4 is 22.4 Å². The summed E-state index contributed by atoms with van der Waals surface area (Å²) in [5.41, 5.74) is 2.26. The summed E-state index contributed by atoms with van der Waals surface area (Å²) >= 11 is 1.52. The van der Waals surface area contributed by atoms with E-state index in [0.29, 0.717) is 0 Å². The molecule has 2 aromatic rings. The number of rotatable bonds is 5. The summed E-state index contributed by atoms with van der Waals surface area (Å²) < 4.78 is 0. The fourth-order valence-corrected chi connectivity index (χ4v) is 4.14. The summed E-state index contributed by atoms with van der Waals surface area (Å²) in [4.78, 5) is 19.6. The lowest BCUT2D eigenvalue weighted by Crippen LogP contribution is -2.39. The third-order valence-corrected chi connectivity index (χ3v) is 5.78. The van der Waals surface area contributed by atoms with Crippen molar-refractivity contribution in [3.63, 3.8) is 0 Å². The van der Waals surface area contributed by atoms with E-state index in [1.165, 1.54) is 29.7 Å². The first-order valence-corrected chi connectivity index (χ1v) is 9.69. The monoisotopic (exact) mass is 341 g/mol. The SMILES string of the molecule is O=C(Nc1nc(Cc2ccccc2)cs1)C1CCN(C2CC2)CC1. The fraction of sp³-hybridized carbons (Fsp3) is 0.474. The summed E-state index contributed by atoms with van der Waals surface area (Å²) in [6.45, 7) is 2.14. The molecule has 2 heterocycles. The third-order valence-electron chi connectivity index (χ3n) is 4.97. The molecule has 1 aliphatic carbocycles. The number of hydrogen-bond acceptors (Lipinski definition) is 4.